The summed E-state index contributed by atoms with van der Waals surface area (Å²) in [5, 5.41) is 4.64. The molecule has 0 N–H and O–H groups in total. The molecule has 0 atom stereocenters. The molecular weight excluding hydrogens is 340 g/mol. The molecule has 0 aliphatic rings. The summed E-state index contributed by atoms with van der Waals surface area (Å²) in [5.74, 6) is 0.280. The fourth-order valence-corrected chi connectivity index (χ4v) is 3.15. The van der Waals surface area contributed by atoms with Gasteiger partial charge < -0.3 is 9.26 Å². The van der Waals surface area contributed by atoms with Crippen molar-refractivity contribution in [1.82, 2.24) is 10.1 Å². The van der Waals surface area contributed by atoms with Gasteiger partial charge in [0.25, 0.3) is 0 Å². The van der Waals surface area contributed by atoms with E-state index in [1.54, 1.807) is 13.0 Å². The molecule has 0 unspecified atom stereocenters. The molecule has 27 heavy (non-hydrogen) atoms. The van der Waals surface area contributed by atoms with Crippen LogP contribution < -0.4 is 0 Å². The zero-order valence-corrected chi connectivity index (χ0v) is 15.1. The minimum atomic E-state index is -0.399. The average Bonchev–Trinajstić information content (AvgIpc) is 3.11. The summed E-state index contributed by atoms with van der Waals surface area (Å²) in [7, 11) is 0. The third-order valence-electron chi connectivity index (χ3n) is 4.42. The van der Waals surface area contributed by atoms with Crippen LogP contribution >= 0.6 is 0 Å². The lowest BCUT2D eigenvalue weighted by atomic mass is 9.98. The number of para-hydroxylation sites is 1. The maximum Gasteiger partial charge on any atom is 0.339 e. The number of carbonyl (C=O) groups excluding carboxylic acids is 1. The zero-order chi connectivity index (χ0) is 18.8. The fraction of sp³-hybridized carbons (Fsp3) is 0.136. The van der Waals surface area contributed by atoms with Crippen LogP contribution in [0.2, 0.25) is 0 Å². The van der Waals surface area contributed by atoms with Gasteiger partial charge in [-0.1, -0.05) is 53.7 Å². The Balaban J connectivity index is 1.78. The zero-order valence-electron chi connectivity index (χ0n) is 15.1. The van der Waals surface area contributed by atoms with E-state index in [2.05, 4.69) is 5.16 Å². The maximum absolute atomic E-state index is 12.9. The first-order valence-electron chi connectivity index (χ1n) is 8.67. The molecule has 2 aromatic carbocycles. The number of rotatable bonds is 4. The molecule has 0 saturated heterocycles. The molecule has 0 spiro atoms. The molecular formula is C22H18N2O3. The fourth-order valence-electron chi connectivity index (χ4n) is 3.15. The summed E-state index contributed by atoms with van der Waals surface area (Å²) in [4.78, 5) is 17.7. The van der Waals surface area contributed by atoms with Crippen LogP contribution in [0.5, 0.6) is 0 Å². The number of hydrogen-bond acceptors (Lipinski definition) is 5. The predicted molar refractivity (Wildman–Crippen MR) is 102 cm³/mol. The Hall–Kier alpha value is -3.47. The number of ether oxygens (including phenoxy) is 1. The lowest BCUT2D eigenvalue weighted by molar-refractivity contribution is 0.0465. The van der Waals surface area contributed by atoms with Crippen LogP contribution in [0, 0.1) is 13.8 Å². The first-order chi connectivity index (χ1) is 13.1. The highest BCUT2D eigenvalue weighted by atomic mass is 16.5. The molecule has 5 heteroatoms. The van der Waals surface area contributed by atoms with E-state index in [1.807, 2.05) is 61.5 Å². The Bertz CT molecular complexity index is 1120. The van der Waals surface area contributed by atoms with E-state index in [0.29, 0.717) is 17.0 Å². The van der Waals surface area contributed by atoms with Gasteiger partial charge >= 0.3 is 5.97 Å². The van der Waals surface area contributed by atoms with Crippen molar-refractivity contribution in [1.29, 1.82) is 0 Å². The summed E-state index contributed by atoms with van der Waals surface area (Å²) in [6, 6.07) is 19.2. The van der Waals surface area contributed by atoms with Crippen LogP contribution in [0.3, 0.4) is 0 Å². The monoisotopic (exact) mass is 358 g/mol. The van der Waals surface area contributed by atoms with Gasteiger partial charge in [0.05, 0.1) is 16.8 Å². The number of nitrogens with zero attached hydrogens (tertiary/aromatic N) is 2. The Kier molecular flexibility index (Phi) is 4.42. The summed E-state index contributed by atoms with van der Waals surface area (Å²) in [5.41, 5.74) is 4.40. The number of fused-ring (bicyclic) bond motifs is 1. The van der Waals surface area contributed by atoms with Crippen molar-refractivity contribution < 1.29 is 14.1 Å². The van der Waals surface area contributed by atoms with Crippen molar-refractivity contribution in [3.05, 3.63) is 83.2 Å². The summed E-state index contributed by atoms with van der Waals surface area (Å²) >= 11 is 0. The van der Waals surface area contributed by atoms with Gasteiger partial charge in [0, 0.05) is 17.0 Å². The third-order valence-corrected chi connectivity index (χ3v) is 4.42. The van der Waals surface area contributed by atoms with Crippen molar-refractivity contribution in [2.24, 2.45) is 0 Å². The standard InChI is InChI=1S/C22H18N2O3/c1-14-12-17(24-27-14)13-26-22(25)20-15(2)21(16-8-4-3-5-9-16)23-19-11-7-6-10-18(19)20/h3-12H,13H2,1-2H3. The minimum Gasteiger partial charge on any atom is -0.455 e. The highest BCUT2D eigenvalue weighted by Crippen LogP contribution is 2.30. The Morgan fingerprint density at radius 3 is 2.52 bits per heavy atom. The van der Waals surface area contributed by atoms with Gasteiger partial charge in [0.15, 0.2) is 0 Å². The first kappa shape index (κ1) is 17.0. The van der Waals surface area contributed by atoms with Crippen LogP contribution in [-0.4, -0.2) is 16.1 Å². The quantitative estimate of drug-likeness (QED) is 0.487. The molecule has 0 radical (unpaired) electrons. The number of pyridine rings is 1. The maximum atomic E-state index is 12.9. The van der Waals surface area contributed by atoms with Gasteiger partial charge in [0.2, 0.25) is 0 Å². The highest BCUT2D eigenvalue weighted by molar-refractivity contribution is 6.06. The summed E-state index contributed by atoms with van der Waals surface area (Å²) < 4.78 is 10.5. The summed E-state index contributed by atoms with van der Waals surface area (Å²) in [6.45, 7) is 3.76. The predicted octanol–water partition coefficient (Wildman–Crippen LogP) is 4.86. The lowest BCUT2D eigenvalue weighted by Crippen LogP contribution is -2.10. The molecule has 2 heterocycles. The molecule has 0 aliphatic carbocycles. The molecule has 2 aromatic heterocycles. The lowest BCUT2D eigenvalue weighted by Gasteiger charge is -2.14. The SMILES string of the molecule is Cc1cc(COC(=O)c2c(C)c(-c3ccccc3)nc3ccccc23)no1. The molecule has 0 aliphatic heterocycles. The van der Waals surface area contributed by atoms with Crippen LogP contribution in [0.4, 0.5) is 0 Å². The molecule has 0 amide bonds. The number of benzene rings is 2. The van der Waals surface area contributed by atoms with Crippen molar-refractivity contribution in [3.63, 3.8) is 0 Å². The van der Waals surface area contributed by atoms with E-state index in [9.17, 15) is 4.79 Å². The molecule has 0 saturated carbocycles. The summed E-state index contributed by atoms with van der Waals surface area (Å²) in [6.07, 6.45) is 0. The molecule has 0 bridgehead atoms. The van der Waals surface area contributed by atoms with Gasteiger partial charge in [-0.05, 0) is 25.5 Å². The van der Waals surface area contributed by atoms with E-state index in [0.717, 1.165) is 27.7 Å². The number of carbonyl (C=O) groups is 1. The van der Waals surface area contributed by atoms with E-state index in [-0.39, 0.29) is 6.61 Å². The topological polar surface area (TPSA) is 65.2 Å². The van der Waals surface area contributed by atoms with E-state index in [4.69, 9.17) is 14.2 Å². The van der Waals surface area contributed by atoms with Gasteiger partial charge in [-0.2, -0.15) is 0 Å². The second-order valence-electron chi connectivity index (χ2n) is 6.35. The van der Waals surface area contributed by atoms with Crippen LogP contribution in [-0.2, 0) is 11.3 Å². The van der Waals surface area contributed by atoms with E-state index >= 15 is 0 Å². The van der Waals surface area contributed by atoms with Crippen LogP contribution in [0.15, 0.2) is 65.2 Å². The average molecular weight is 358 g/mol. The molecule has 134 valence electrons. The van der Waals surface area contributed by atoms with Gasteiger partial charge in [0.1, 0.15) is 18.1 Å². The largest absolute Gasteiger partial charge is 0.455 e. The van der Waals surface area contributed by atoms with E-state index in [1.165, 1.54) is 0 Å². The Morgan fingerprint density at radius 1 is 1.04 bits per heavy atom. The Morgan fingerprint density at radius 2 is 1.78 bits per heavy atom. The first-order valence-corrected chi connectivity index (χ1v) is 8.67. The number of aromatic nitrogens is 2. The normalized spacial score (nSPS) is 10.9. The molecule has 0 fully saturated rings. The van der Waals surface area contributed by atoms with Crippen molar-refractivity contribution in [2.75, 3.05) is 0 Å². The minimum absolute atomic E-state index is 0.0624. The second-order valence-corrected chi connectivity index (χ2v) is 6.35. The third kappa shape index (κ3) is 3.31. The van der Waals surface area contributed by atoms with Crippen molar-refractivity contribution in [3.8, 4) is 11.3 Å². The number of aryl methyl sites for hydroxylation is 1. The van der Waals surface area contributed by atoms with E-state index < -0.39 is 5.97 Å². The number of esters is 1. The molecule has 4 aromatic rings. The van der Waals surface area contributed by atoms with Gasteiger partial charge in [-0.3, -0.25) is 0 Å². The Labute approximate surface area is 156 Å². The highest BCUT2D eigenvalue weighted by Gasteiger charge is 2.20. The van der Waals surface area contributed by atoms with Gasteiger partial charge in [-0.25, -0.2) is 9.78 Å². The number of hydrogen-bond donors (Lipinski definition) is 0. The van der Waals surface area contributed by atoms with Crippen LogP contribution in [0.25, 0.3) is 22.2 Å². The second kappa shape index (κ2) is 7.03. The smallest absolute Gasteiger partial charge is 0.339 e. The van der Waals surface area contributed by atoms with Crippen molar-refractivity contribution in [2.45, 2.75) is 20.5 Å². The molecule has 4 rings (SSSR count). The molecule has 5 nitrogen and oxygen atoms in total. The van der Waals surface area contributed by atoms with Gasteiger partial charge in [-0.15, -0.1) is 0 Å². The van der Waals surface area contributed by atoms with Crippen LogP contribution in [0.1, 0.15) is 27.4 Å². The van der Waals surface area contributed by atoms with Crippen molar-refractivity contribution >= 4 is 16.9 Å².